The third-order valence-electron chi connectivity index (χ3n) is 6.80. The van der Waals surface area contributed by atoms with Gasteiger partial charge >= 0.3 is 0 Å². The minimum Gasteiger partial charge on any atom is -0.207 e. The van der Waals surface area contributed by atoms with Crippen LogP contribution in [0.4, 0.5) is 48.3 Å². The van der Waals surface area contributed by atoms with Gasteiger partial charge in [-0.1, -0.05) is 61.5 Å². The van der Waals surface area contributed by atoms with E-state index in [1.54, 1.807) is 55.4 Å². The van der Waals surface area contributed by atoms with Gasteiger partial charge in [0.15, 0.2) is 23.3 Å². The summed E-state index contributed by atoms with van der Waals surface area (Å²) >= 11 is 0. The average Bonchev–Trinajstić information content (AvgIpc) is 2.94. The number of aryl methyl sites for hydroxylation is 1. The Bertz CT molecular complexity index is 1590. The van der Waals surface area contributed by atoms with E-state index in [0.717, 1.165) is 18.2 Å². The number of halogens is 11. The van der Waals surface area contributed by atoms with E-state index in [-0.39, 0.29) is 51.5 Å². The van der Waals surface area contributed by atoms with Crippen LogP contribution >= 0.6 is 0 Å². The number of rotatable bonds is 4. The second-order valence-electron chi connectivity index (χ2n) is 12.0. The summed E-state index contributed by atoms with van der Waals surface area (Å²) in [6.07, 6.45) is 0. The molecule has 0 aliphatic rings. The van der Waals surface area contributed by atoms with Gasteiger partial charge in [-0.3, -0.25) is 0 Å². The highest BCUT2D eigenvalue weighted by Crippen LogP contribution is 2.27. The third kappa shape index (κ3) is 11.4. The molecule has 0 aliphatic heterocycles. The molecule has 0 unspecified atom stereocenters. The smallest absolute Gasteiger partial charge is 0.165 e. The molecule has 0 heterocycles. The Hall–Kier alpha value is -3.89. The minimum absolute atomic E-state index is 0.0589. The Morgan fingerprint density at radius 3 is 1.08 bits per heavy atom. The zero-order valence-corrected chi connectivity index (χ0v) is 28.1. The van der Waals surface area contributed by atoms with E-state index in [4.69, 9.17) is 0 Å². The molecule has 4 rings (SSSR count). The second kappa shape index (κ2) is 18.6. The first-order chi connectivity index (χ1) is 22.1. The van der Waals surface area contributed by atoms with Gasteiger partial charge in [0, 0.05) is 34.4 Å². The van der Waals surface area contributed by atoms with Crippen molar-refractivity contribution in [2.75, 3.05) is 0 Å². The van der Waals surface area contributed by atoms with E-state index in [2.05, 4.69) is 0 Å². The fraction of sp³-hybridized carbons (Fsp3) is 0.351. The van der Waals surface area contributed by atoms with Gasteiger partial charge in [-0.25, -0.2) is 48.3 Å². The van der Waals surface area contributed by atoms with Gasteiger partial charge < -0.3 is 0 Å². The van der Waals surface area contributed by atoms with Crippen molar-refractivity contribution in [2.24, 2.45) is 0 Å². The minimum atomic E-state index is -1.08. The van der Waals surface area contributed by atoms with Gasteiger partial charge in [0.05, 0.1) is 0 Å². The average molecular weight is 693 g/mol. The molecule has 0 fully saturated rings. The predicted octanol–water partition coefficient (Wildman–Crippen LogP) is 13.1. The SMILES string of the molecule is CC(C)c1c(F)cc(F)cc1F.CC(C)c1c(F)ccc(F)c1F.CC(C)c1c(F)cccc1F.Cc1cc(F)c(F)c(C(C)C)c1F. The van der Waals surface area contributed by atoms with E-state index in [9.17, 15) is 48.3 Å². The van der Waals surface area contributed by atoms with Crippen molar-refractivity contribution >= 4 is 0 Å². The zero-order chi connectivity index (χ0) is 37.2. The first-order valence-corrected chi connectivity index (χ1v) is 15.0. The maximum atomic E-state index is 13.3. The number of hydrogen-bond acceptors (Lipinski definition) is 0. The monoisotopic (exact) mass is 692 g/mol. The van der Waals surface area contributed by atoms with Gasteiger partial charge in [-0.15, -0.1) is 0 Å². The van der Waals surface area contributed by atoms with E-state index >= 15 is 0 Å². The summed E-state index contributed by atoms with van der Waals surface area (Å²) in [6.45, 7) is 14.7. The van der Waals surface area contributed by atoms with E-state index in [1.165, 1.54) is 25.1 Å². The van der Waals surface area contributed by atoms with Crippen molar-refractivity contribution in [2.45, 2.75) is 86.0 Å². The first kappa shape index (κ1) is 42.1. The van der Waals surface area contributed by atoms with Crippen molar-refractivity contribution < 1.29 is 48.3 Å². The Labute approximate surface area is 274 Å². The van der Waals surface area contributed by atoms with Crippen molar-refractivity contribution in [1.82, 2.24) is 0 Å². The molecule has 0 amide bonds. The van der Waals surface area contributed by atoms with Gasteiger partial charge in [0.25, 0.3) is 0 Å². The summed E-state index contributed by atoms with van der Waals surface area (Å²) < 4.78 is 141. The summed E-state index contributed by atoms with van der Waals surface area (Å²) in [6, 6.07) is 7.91. The van der Waals surface area contributed by atoms with Gasteiger partial charge in [0.2, 0.25) is 0 Å². The summed E-state index contributed by atoms with van der Waals surface area (Å²) in [5, 5.41) is 0. The van der Waals surface area contributed by atoms with Crippen molar-refractivity contribution in [3.8, 4) is 0 Å². The molecule has 264 valence electrons. The molecule has 0 bridgehead atoms. The molecule has 48 heavy (non-hydrogen) atoms. The molecular weight excluding hydrogens is 653 g/mol. The summed E-state index contributed by atoms with van der Waals surface area (Å²) in [7, 11) is 0. The van der Waals surface area contributed by atoms with Crippen LogP contribution in [0, 0.1) is 70.9 Å². The highest BCUT2D eigenvalue weighted by atomic mass is 19.2. The van der Waals surface area contributed by atoms with Gasteiger partial charge in [0.1, 0.15) is 40.7 Å². The quantitative estimate of drug-likeness (QED) is 0.148. The van der Waals surface area contributed by atoms with Crippen LogP contribution in [0.1, 0.15) is 107 Å². The molecule has 0 atom stereocenters. The normalized spacial score (nSPS) is 10.8. The van der Waals surface area contributed by atoms with E-state index in [0.29, 0.717) is 12.1 Å². The van der Waals surface area contributed by atoms with Crippen molar-refractivity contribution in [1.29, 1.82) is 0 Å². The highest BCUT2D eigenvalue weighted by Gasteiger charge is 2.19. The van der Waals surface area contributed by atoms with Crippen molar-refractivity contribution in [3.63, 3.8) is 0 Å². The maximum absolute atomic E-state index is 13.3. The Morgan fingerprint density at radius 1 is 0.354 bits per heavy atom. The number of hydrogen-bond donors (Lipinski definition) is 0. The predicted molar refractivity (Wildman–Crippen MR) is 166 cm³/mol. The second-order valence-corrected chi connectivity index (χ2v) is 12.0. The molecule has 0 nitrogen and oxygen atoms in total. The van der Waals surface area contributed by atoms with Crippen LogP contribution in [0.15, 0.2) is 48.5 Å². The lowest BCUT2D eigenvalue weighted by Gasteiger charge is -2.10. The molecule has 0 N–H and O–H groups in total. The molecule has 0 aliphatic carbocycles. The van der Waals surface area contributed by atoms with Gasteiger partial charge in [-0.05, 0) is 66.5 Å². The van der Waals surface area contributed by atoms with Crippen LogP contribution in [0.3, 0.4) is 0 Å². The number of benzene rings is 4. The fourth-order valence-corrected chi connectivity index (χ4v) is 4.50. The molecule has 11 heteroatoms. The molecule has 0 radical (unpaired) electrons. The van der Waals surface area contributed by atoms with Crippen LogP contribution in [-0.4, -0.2) is 0 Å². The largest absolute Gasteiger partial charge is 0.207 e. The standard InChI is InChI=1S/C10H11F3.2C9H9F3.C9H10F2/c1-5(2)8-9(12)6(3)4-7(11)10(8)13;1-5(2)9-7(11)3-6(10)4-8(9)12;1-5(2)8-6(10)3-4-7(11)9(8)12;1-6(2)9-7(10)4-3-5-8(9)11/h4-5H,1-3H3;2*3-5H,1-2H3;3-6H,1-2H3. The summed E-state index contributed by atoms with van der Waals surface area (Å²) in [5.74, 6) is -9.97. The fourth-order valence-electron chi connectivity index (χ4n) is 4.50. The van der Waals surface area contributed by atoms with Crippen LogP contribution in [0.2, 0.25) is 0 Å². The lowest BCUT2D eigenvalue weighted by molar-refractivity contribution is 0.469. The van der Waals surface area contributed by atoms with Gasteiger partial charge in [-0.2, -0.15) is 0 Å². The maximum Gasteiger partial charge on any atom is 0.165 e. The summed E-state index contributed by atoms with van der Waals surface area (Å²) in [4.78, 5) is 0. The highest BCUT2D eigenvalue weighted by molar-refractivity contribution is 5.30. The van der Waals surface area contributed by atoms with Crippen LogP contribution in [0.5, 0.6) is 0 Å². The molecule has 0 aromatic heterocycles. The zero-order valence-electron chi connectivity index (χ0n) is 28.1. The Morgan fingerprint density at radius 2 is 0.708 bits per heavy atom. The molecule has 4 aromatic rings. The molecule has 0 saturated heterocycles. The Balaban J connectivity index is 0.000000320. The lowest BCUT2D eigenvalue weighted by atomic mass is 9.99. The third-order valence-corrected chi connectivity index (χ3v) is 6.80. The van der Waals surface area contributed by atoms with Crippen LogP contribution < -0.4 is 0 Å². The van der Waals surface area contributed by atoms with Crippen LogP contribution in [-0.2, 0) is 0 Å². The Kier molecular flexibility index (Phi) is 16.3. The topological polar surface area (TPSA) is 0 Å². The summed E-state index contributed by atoms with van der Waals surface area (Å²) in [5.41, 5.74) is -0.0981. The van der Waals surface area contributed by atoms with E-state index in [1.807, 2.05) is 0 Å². The molecular formula is C37H39F11. The van der Waals surface area contributed by atoms with E-state index < -0.39 is 64.0 Å². The molecule has 0 saturated carbocycles. The molecule has 4 aromatic carbocycles. The lowest BCUT2D eigenvalue weighted by Crippen LogP contribution is -2.03. The first-order valence-electron chi connectivity index (χ1n) is 15.0. The van der Waals surface area contributed by atoms with Crippen LogP contribution in [0.25, 0.3) is 0 Å². The van der Waals surface area contributed by atoms with Crippen molar-refractivity contribution in [3.05, 3.63) is 140 Å². The molecule has 0 spiro atoms.